The van der Waals surface area contributed by atoms with Crippen molar-refractivity contribution in [1.82, 2.24) is 14.8 Å². The monoisotopic (exact) mass is 420 g/mol. The average molecular weight is 421 g/mol. The maximum Gasteiger partial charge on any atom is 0.324 e. The number of hydrogen-bond acceptors (Lipinski definition) is 6. The zero-order chi connectivity index (χ0) is 18.8. The zero-order valence-corrected chi connectivity index (χ0v) is 16.8. The maximum atomic E-state index is 10.9. The summed E-state index contributed by atoms with van der Waals surface area (Å²) in [7, 11) is 0. The Morgan fingerprint density at radius 1 is 1.30 bits per heavy atom. The molecule has 2 aromatic heterocycles. The molecular formula is C18H17ClN4O2S2. The number of rotatable bonds is 6. The number of thiophene rings is 1. The SMILES string of the molecule is O=[N+]([O-])c1cc(CSc2nnc(-c3ccccc3Cl)n2C2CCCC2)cs1. The Hall–Kier alpha value is -1.90. The van der Waals surface area contributed by atoms with E-state index in [1.165, 1.54) is 12.8 Å². The number of benzene rings is 1. The minimum absolute atomic E-state index is 0.166. The Morgan fingerprint density at radius 3 is 2.78 bits per heavy atom. The van der Waals surface area contributed by atoms with Crippen LogP contribution in [0.15, 0.2) is 40.9 Å². The third kappa shape index (κ3) is 3.88. The number of nitrogens with zero attached hydrogens (tertiary/aromatic N) is 4. The van der Waals surface area contributed by atoms with E-state index in [9.17, 15) is 10.1 Å². The predicted octanol–water partition coefficient (Wildman–Crippen LogP) is 5.98. The van der Waals surface area contributed by atoms with Gasteiger partial charge in [0.1, 0.15) is 0 Å². The molecule has 1 aliphatic rings. The highest BCUT2D eigenvalue weighted by molar-refractivity contribution is 7.98. The summed E-state index contributed by atoms with van der Waals surface area (Å²) in [5.74, 6) is 1.42. The molecule has 27 heavy (non-hydrogen) atoms. The molecule has 9 heteroatoms. The summed E-state index contributed by atoms with van der Waals surface area (Å²) in [6.45, 7) is 0. The summed E-state index contributed by atoms with van der Waals surface area (Å²) in [4.78, 5) is 10.5. The molecule has 0 atom stereocenters. The summed E-state index contributed by atoms with van der Waals surface area (Å²) >= 11 is 9.12. The standard InChI is InChI=1S/C18H17ClN4O2S2/c19-15-8-4-3-7-14(15)17-20-21-18(22(17)13-5-1-2-6-13)27-11-12-9-16(23(24)25)26-10-12/h3-4,7-10,13H,1-2,5-6,11H2. The highest BCUT2D eigenvalue weighted by Crippen LogP contribution is 2.39. The number of hydrogen-bond donors (Lipinski definition) is 0. The molecule has 1 aliphatic carbocycles. The van der Waals surface area contributed by atoms with Crippen LogP contribution in [0.3, 0.4) is 0 Å². The second-order valence-corrected chi connectivity index (χ2v) is 8.67. The normalized spacial score (nSPS) is 14.7. The lowest BCUT2D eigenvalue weighted by atomic mass is 10.2. The maximum absolute atomic E-state index is 10.9. The molecule has 0 aliphatic heterocycles. The first-order valence-electron chi connectivity index (χ1n) is 8.68. The smallest absolute Gasteiger partial charge is 0.299 e. The van der Waals surface area contributed by atoms with Crippen molar-refractivity contribution in [3.05, 3.63) is 56.4 Å². The quantitative estimate of drug-likeness (QED) is 0.278. The average Bonchev–Trinajstić information content (AvgIpc) is 3.40. The van der Waals surface area contributed by atoms with Crippen molar-refractivity contribution in [2.45, 2.75) is 42.6 Å². The largest absolute Gasteiger partial charge is 0.324 e. The van der Waals surface area contributed by atoms with Gasteiger partial charge >= 0.3 is 5.00 Å². The van der Waals surface area contributed by atoms with Crippen LogP contribution in [0.4, 0.5) is 5.00 Å². The lowest BCUT2D eigenvalue weighted by Gasteiger charge is -2.17. The first kappa shape index (κ1) is 18.5. The van der Waals surface area contributed by atoms with Crippen LogP contribution >= 0.6 is 34.7 Å². The van der Waals surface area contributed by atoms with Gasteiger partial charge in [0.05, 0.1) is 9.95 Å². The van der Waals surface area contributed by atoms with Crippen molar-refractivity contribution in [3.8, 4) is 11.4 Å². The van der Waals surface area contributed by atoms with Gasteiger partial charge in [-0.3, -0.25) is 14.7 Å². The Bertz CT molecular complexity index is 966. The Balaban J connectivity index is 1.64. The molecular weight excluding hydrogens is 404 g/mol. The predicted molar refractivity (Wildman–Crippen MR) is 109 cm³/mol. The van der Waals surface area contributed by atoms with Crippen molar-refractivity contribution in [1.29, 1.82) is 0 Å². The molecule has 0 bridgehead atoms. The summed E-state index contributed by atoms with van der Waals surface area (Å²) in [5, 5.41) is 23.2. The van der Waals surface area contributed by atoms with Gasteiger partial charge < -0.3 is 0 Å². The third-order valence-electron chi connectivity index (χ3n) is 4.66. The lowest BCUT2D eigenvalue weighted by Crippen LogP contribution is -2.08. The Morgan fingerprint density at radius 2 is 2.07 bits per heavy atom. The summed E-state index contributed by atoms with van der Waals surface area (Å²) in [5.41, 5.74) is 1.81. The van der Waals surface area contributed by atoms with Crippen LogP contribution in [0, 0.1) is 10.1 Å². The van der Waals surface area contributed by atoms with Crippen molar-refractivity contribution >= 4 is 39.7 Å². The number of aromatic nitrogens is 3. The molecule has 0 unspecified atom stereocenters. The van der Waals surface area contributed by atoms with Crippen LogP contribution in [0.25, 0.3) is 11.4 Å². The minimum atomic E-state index is -0.352. The summed E-state index contributed by atoms with van der Waals surface area (Å²) < 4.78 is 2.21. The molecule has 1 fully saturated rings. The van der Waals surface area contributed by atoms with E-state index in [0.717, 1.165) is 46.3 Å². The van der Waals surface area contributed by atoms with E-state index in [1.54, 1.807) is 17.8 Å². The highest BCUT2D eigenvalue weighted by Gasteiger charge is 2.26. The van der Waals surface area contributed by atoms with Gasteiger partial charge in [0, 0.05) is 28.8 Å². The van der Waals surface area contributed by atoms with E-state index >= 15 is 0 Å². The van der Waals surface area contributed by atoms with Gasteiger partial charge in [-0.05, 0) is 30.5 Å². The van der Waals surface area contributed by atoms with Crippen molar-refractivity contribution in [2.24, 2.45) is 0 Å². The number of thioether (sulfide) groups is 1. The molecule has 1 aromatic carbocycles. The molecule has 3 aromatic rings. The van der Waals surface area contributed by atoms with E-state index in [0.29, 0.717) is 16.8 Å². The summed E-state index contributed by atoms with van der Waals surface area (Å²) in [6.07, 6.45) is 4.61. The number of nitro groups is 1. The van der Waals surface area contributed by atoms with Gasteiger partial charge in [-0.1, -0.05) is 59.7 Å². The summed E-state index contributed by atoms with van der Waals surface area (Å²) in [6, 6.07) is 9.68. The topological polar surface area (TPSA) is 73.8 Å². The first-order chi connectivity index (χ1) is 13.1. The third-order valence-corrected chi connectivity index (χ3v) is 6.93. The van der Waals surface area contributed by atoms with Gasteiger partial charge in [-0.15, -0.1) is 10.2 Å². The molecule has 4 rings (SSSR count). The molecule has 0 radical (unpaired) electrons. The van der Waals surface area contributed by atoms with Crippen molar-refractivity contribution in [2.75, 3.05) is 0 Å². The van der Waals surface area contributed by atoms with Gasteiger partial charge in [-0.25, -0.2) is 0 Å². The van der Waals surface area contributed by atoms with Crippen LogP contribution in [-0.2, 0) is 5.75 Å². The second kappa shape index (κ2) is 8.00. The van der Waals surface area contributed by atoms with E-state index in [4.69, 9.17) is 11.6 Å². The van der Waals surface area contributed by atoms with Crippen LogP contribution < -0.4 is 0 Å². The van der Waals surface area contributed by atoms with Gasteiger partial charge in [0.15, 0.2) is 11.0 Å². The molecule has 2 heterocycles. The van der Waals surface area contributed by atoms with Crippen molar-refractivity contribution in [3.63, 3.8) is 0 Å². The van der Waals surface area contributed by atoms with Crippen LogP contribution in [-0.4, -0.2) is 19.7 Å². The fourth-order valence-electron chi connectivity index (χ4n) is 3.38. The molecule has 0 amide bonds. The minimum Gasteiger partial charge on any atom is -0.299 e. The van der Waals surface area contributed by atoms with E-state index in [-0.39, 0.29) is 9.92 Å². The van der Waals surface area contributed by atoms with E-state index in [1.807, 2.05) is 29.6 Å². The van der Waals surface area contributed by atoms with E-state index in [2.05, 4.69) is 14.8 Å². The Kier molecular flexibility index (Phi) is 5.47. The Labute approximate surface area is 169 Å². The lowest BCUT2D eigenvalue weighted by molar-refractivity contribution is -0.380. The van der Waals surface area contributed by atoms with Crippen LogP contribution in [0.5, 0.6) is 0 Å². The molecule has 140 valence electrons. The van der Waals surface area contributed by atoms with Gasteiger partial charge in [-0.2, -0.15) is 0 Å². The van der Waals surface area contributed by atoms with E-state index < -0.39 is 0 Å². The second-order valence-electron chi connectivity index (χ2n) is 6.43. The fraction of sp³-hybridized carbons (Fsp3) is 0.333. The first-order valence-corrected chi connectivity index (χ1v) is 10.9. The molecule has 0 spiro atoms. The van der Waals surface area contributed by atoms with Gasteiger partial charge in [0.25, 0.3) is 0 Å². The van der Waals surface area contributed by atoms with Crippen LogP contribution in [0.1, 0.15) is 37.3 Å². The number of halogens is 1. The molecule has 6 nitrogen and oxygen atoms in total. The van der Waals surface area contributed by atoms with Crippen LogP contribution in [0.2, 0.25) is 5.02 Å². The molecule has 0 N–H and O–H groups in total. The molecule has 1 saturated carbocycles. The fourth-order valence-corrected chi connectivity index (χ4v) is 5.37. The highest BCUT2D eigenvalue weighted by atomic mass is 35.5. The van der Waals surface area contributed by atoms with Crippen molar-refractivity contribution < 1.29 is 4.92 Å². The zero-order valence-electron chi connectivity index (χ0n) is 14.4. The molecule has 0 saturated heterocycles. The van der Waals surface area contributed by atoms with Gasteiger partial charge in [0.2, 0.25) is 0 Å².